The fourth-order valence-electron chi connectivity index (χ4n) is 2.80. The van der Waals surface area contributed by atoms with Gasteiger partial charge in [-0.2, -0.15) is 0 Å². The van der Waals surface area contributed by atoms with Crippen molar-refractivity contribution in [2.75, 3.05) is 13.1 Å². The Morgan fingerprint density at radius 1 is 1.27 bits per heavy atom. The molecule has 1 amide bonds. The highest BCUT2D eigenvalue weighted by Gasteiger charge is 2.22. The molecule has 116 valence electrons. The molecule has 1 aliphatic heterocycles. The van der Waals surface area contributed by atoms with Crippen molar-refractivity contribution >= 4 is 5.91 Å². The average molecular weight is 298 g/mol. The number of amides is 1. The molecule has 4 heteroatoms. The summed E-state index contributed by atoms with van der Waals surface area (Å²) in [6.07, 6.45) is 2.49. The van der Waals surface area contributed by atoms with Gasteiger partial charge < -0.3 is 9.32 Å². The first-order valence-electron chi connectivity index (χ1n) is 7.93. The predicted molar refractivity (Wildman–Crippen MR) is 85.4 cm³/mol. The number of carbonyl (C=O) groups is 1. The van der Waals surface area contributed by atoms with Crippen LogP contribution in [-0.2, 0) is 11.2 Å². The van der Waals surface area contributed by atoms with Crippen LogP contribution < -0.4 is 0 Å². The molecule has 1 fully saturated rings. The second-order valence-electron chi connectivity index (χ2n) is 6.13. The smallest absolute Gasteiger partial charge is 0.230 e. The third kappa shape index (κ3) is 3.21. The molecule has 1 aliphatic rings. The third-order valence-electron chi connectivity index (χ3n) is 4.36. The molecule has 22 heavy (non-hydrogen) atoms. The van der Waals surface area contributed by atoms with Gasteiger partial charge in [0.15, 0.2) is 0 Å². The van der Waals surface area contributed by atoms with E-state index < -0.39 is 0 Å². The van der Waals surface area contributed by atoms with Gasteiger partial charge in [-0.25, -0.2) is 4.98 Å². The van der Waals surface area contributed by atoms with Crippen LogP contribution in [0.2, 0.25) is 0 Å². The zero-order chi connectivity index (χ0) is 15.5. The first kappa shape index (κ1) is 14.8. The maximum atomic E-state index is 12.4. The van der Waals surface area contributed by atoms with E-state index in [1.165, 1.54) is 0 Å². The molecular formula is C18H22N2O2. The number of nitrogens with zero attached hydrogens (tertiary/aromatic N) is 2. The van der Waals surface area contributed by atoms with E-state index in [0.717, 1.165) is 43.1 Å². The summed E-state index contributed by atoms with van der Waals surface area (Å²) < 4.78 is 5.82. The van der Waals surface area contributed by atoms with Crippen LogP contribution in [-0.4, -0.2) is 28.9 Å². The molecule has 0 unspecified atom stereocenters. The van der Waals surface area contributed by atoms with Gasteiger partial charge in [-0.1, -0.05) is 25.1 Å². The summed E-state index contributed by atoms with van der Waals surface area (Å²) in [6.45, 7) is 5.86. The van der Waals surface area contributed by atoms with Crippen LogP contribution >= 0.6 is 0 Å². The topological polar surface area (TPSA) is 46.3 Å². The van der Waals surface area contributed by atoms with E-state index in [2.05, 4.69) is 11.9 Å². The van der Waals surface area contributed by atoms with Gasteiger partial charge in [-0.05, 0) is 37.8 Å². The SMILES string of the molecule is Cc1nc(-c2ccccc2)oc1CC(=O)N1CCC(C)CC1. The second-order valence-corrected chi connectivity index (χ2v) is 6.13. The Morgan fingerprint density at radius 2 is 1.95 bits per heavy atom. The van der Waals surface area contributed by atoms with Crippen molar-refractivity contribution in [2.45, 2.75) is 33.1 Å². The molecule has 2 heterocycles. The highest BCUT2D eigenvalue weighted by Crippen LogP contribution is 2.23. The van der Waals surface area contributed by atoms with E-state index in [4.69, 9.17) is 4.42 Å². The molecule has 0 radical (unpaired) electrons. The largest absolute Gasteiger partial charge is 0.440 e. The average Bonchev–Trinajstić information content (AvgIpc) is 2.90. The zero-order valence-corrected chi connectivity index (χ0v) is 13.2. The Bertz CT molecular complexity index is 640. The fourth-order valence-corrected chi connectivity index (χ4v) is 2.80. The van der Waals surface area contributed by atoms with Crippen molar-refractivity contribution in [3.8, 4) is 11.5 Å². The zero-order valence-electron chi connectivity index (χ0n) is 13.2. The minimum Gasteiger partial charge on any atom is -0.440 e. The van der Waals surface area contributed by atoms with Crippen LogP contribution in [0.15, 0.2) is 34.7 Å². The van der Waals surface area contributed by atoms with Crippen molar-refractivity contribution < 1.29 is 9.21 Å². The second kappa shape index (κ2) is 6.34. The Balaban J connectivity index is 1.70. The van der Waals surface area contributed by atoms with Crippen LogP contribution in [0.4, 0.5) is 0 Å². The van der Waals surface area contributed by atoms with Crippen molar-refractivity contribution in [1.82, 2.24) is 9.88 Å². The molecule has 0 N–H and O–H groups in total. The molecule has 1 saturated heterocycles. The number of aryl methyl sites for hydroxylation is 1. The summed E-state index contributed by atoms with van der Waals surface area (Å²) in [6, 6.07) is 9.79. The summed E-state index contributed by atoms with van der Waals surface area (Å²) in [7, 11) is 0. The number of likely N-dealkylation sites (tertiary alicyclic amines) is 1. The first-order valence-corrected chi connectivity index (χ1v) is 7.93. The number of rotatable bonds is 3. The normalized spacial score (nSPS) is 16.0. The van der Waals surface area contributed by atoms with Crippen molar-refractivity contribution in [2.24, 2.45) is 5.92 Å². The minimum absolute atomic E-state index is 0.144. The van der Waals surface area contributed by atoms with Gasteiger partial charge in [-0.15, -0.1) is 0 Å². The van der Waals surface area contributed by atoms with Crippen LogP contribution in [0, 0.1) is 12.8 Å². The van der Waals surface area contributed by atoms with Gasteiger partial charge in [0, 0.05) is 18.7 Å². The fraction of sp³-hybridized carbons (Fsp3) is 0.444. The maximum Gasteiger partial charge on any atom is 0.230 e. The summed E-state index contributed by atoms with van der Waals surface area (Å²) in [5, 5.41) is 0. The lowest BCUT2D eigenvalue weighted by atomic mass is 9.99. The number of hydrogen-bond acceptors (Lipinski definition) is 3. The highest BCUT2D eigenvalue weighted by atomic mass is 16.4. The highest BCUT2D eigenvalue weighted by molar-refractivity contribution is 5.78. The number of piperidine rings is 1. The Labute approximate surface area is 131 Å². The number of hydrogen-bond donors (Lipinski definition) is 0. The lowest BCUT2D eigenvalue weighted by Gasteiger charge is -2.30. The van der Waals surface area contributed by atoms with Crippen molar-refractivity contribution in [3.63, 3.8) is 0 Å². The Kier molecular flexibility index (Phi) is 4.27. The molecule has 0 saturated carbocycles. The molecule has 0 spiro atoms. The Hall–Kier alpha value is -2.10. The number of carbonyl (C=O) groups excluding carboxylic acids is 1. The molecule has 1 aromatic heterocycles. The predicted octanol–water partition coefficient (Wildman–Crippen LogP) is 3.45. The molecule has 1 aromatic carbocycles. The summed E-state index contributed by atoms with van der Waals surface area (Å²) in [4.78, 5) is 18.8. The van der Waals surface area contributed by atoms with Crippen LogP contribution in [0.1, 0.15) is 31.2 Å². The van der Waals surface area contributed by atoms with Crippen LogP contribution in [0.5, 0.6) is 0 Å². The van der Waals surface area contributed by atoms with Gasteiger partial charge in [0.25, 0.3) is 0 Å². The van der Waals surface area contributed by atoms with E-state index in [9.17, 15) is 4.79 Å². The van der Waals surface area contributed by atoms with Gasteiger partial charge in [0.05, 0.1) is 12.1 Å². The van der Waals surface area contributed by atoms with Crippen LogP contribution in [0.25, 0.3) is 11.5 Å². The maximum absolute atomic E-state index is 12.4. The molecule has 4 nitrogen and oxygen atoms in total. The summed E-state index contributed by atoms with van der Waals surface area (Å²) >= 11 is 0. The Morgan fingerprint density at radius 3 is 2.64 bits per heavy atom. The lowest BCUT2D eigenvalue weighted by molar-refractivity contribution is -0.132. The summed E-state index contributed by atoms with van der Waals surface area (Å²) in [5.74, 6) is 2.14. The standard InChI is InChI=1S/C18H22N2O2/c1-13-8-10-20(11-9-13)17(21)12-16-14(2)19-18(22-16)15-6-4-3-5-7-15/h3-7,13H,8-12H2,1-2H3. The van der Waals surface area contributed by atoms with E-state index in [1.54, 1.807) is 0 Å². The van der Waals surface area contributed by atoms with E-state index >= 15 is 0 Å². The molecule has 0 atom stereocenters. The number of aromatic nitrogens is 1. The number of benzene rings is 1. The quantitative estimate of drug-likeness (QED) is 0.872. The lowest BCUT2D eigenvalue weighted by Crippen LogP contribution is -2.38. The molecule has 0 bridgehead atoms. The van der Waals surface area contributed by atoms with Gasteiger partial charge in [0.2, 0.25) is 11.8 Å². The molecule has 2 aromatic rings. The van der Waals surface area contributed by atoms with E-state index in [0.29, 0.717) is 18.1 Å². The van der Waals surface area contributed by atoms with E-state index in [-0.39, 0.29) is 5.91 Å². The number of oxazole rings is 1. The van der Waals surface area contributed by atoms with Crippen molar-refractivity contribution in [1.29, 1.82) is 0 Å². The van der Waals surface area contributed by atoms with Gasteiger partial charge in [-0.3, -0.25) is 4.79 Å². The molecular weight excluding hydrogens is 276 g/mol. The first-order chi connectivity index (χ1) is 10.6. The third-order valence-corrected chi connectivity index (χ3v) is 4.36. The van der Waals surface area contributed by atoms with Gasteiger partial charge >= 0.3 is 0 Å². The van der Waals surface area contributed by atoms with E-state index in [1.807, 2.05) is 42.2 Å². The minimum atomic E-state index is 0.144. The monoisotopic (exact) mass is 298 g/mol. The van der Waals surface area contributed by atoms with Crippen molar-refractivity contribution in [3.05, 3.63) is 41.8 Å². The molecule has 0 aliphatic carbocycles. The van der Waals surface area contributed by atoms with Crippen LogP contribution in [0.3, 0.4) is 0 Å². The van der Waals surface area contributed by atoms with Gasteiger partial charge in [0.1, 0.15) is 5.76 Å². The molecule has 3 rings (SSSR count). The summed E-state index contributed by atoms with van der Waals surface area (Å²) in [5.41, 5.74) is 1.74.